The van der Waals surface area contributed by atoms with Crippen LogP contribution >= 0.6 is 0 Å². The first-order chi connectivity index (χ1) is 16.1. The zero-order valence-electron chi connectivity index (χ0n) is 18.1. The Morgan fingerprint density at radius 3 is 2.52 bits per heavy atom. The quantitative estimate of drug-likeness (QED) is 0.449. The van der Waals surface area contributed by atoms with Gasteiger partial charge in [0.05, 0.1) is 18.8 Å². The predicted molar refractivity (Wildman–Crippen MR) is 121 cm³/mol. The van der Waals surface area contributed by atoms with Gasteiger partial charge in [0.25, 0.3) is 5.91 Å². The lowest BCUT2D eigenvalue weighted by atomic mass is 10.0. The molecule has 0 unspecified atom stereocenters. The maximum atomic E-state index is 14.1. The van der Waals surface area contributed by atoms with Gasteiger partial charge in [0.2, 0.25) is 0 Å². The third-order valence-corrected chi connectivity index (χ3v) is 6.01. The molecule has 1 aliphatic heterocycles. The van der Waals surface area contributed by atoms with Crippen LogP contribution in [0.25, 0.3) is 11.1 Å². The zero-order chi connectivity index (χ0) is 22.8. The van der Waals surface area contributed by atoms with Crippen LogP contribution in [0.2, 0.25) is 0 Å². The average molecular weight is 447 g/mol. The average Bonchev–Trinajstić information content (AvgIpc) is 3.70. The van der Waals surface area contributed by atoms with Crippen LogP contribution in [0, 0.1) is 17.1 Å². The minimum Gasteiger partial charge on any atom is -0.378 e. The number of benzene rings is 2. The lowest BCUT2D eigenvalue weighted by Crippen LogP contribution is -2.73. The Morgan fingerprint density at radius 2 is 1.82 bits per heavy atom. The van der Waals surface area contributed by atoms with Crippen molar-refractivity contribution in [1.82, 2.24) is 14.9 Å². The number of ether oxygens (including phenoxy) is 1. The summed E-state index contributed by atoms with van der Waals surface area (Å²) in [7, 11) is 0. The van der Waals surface area contributed by atoms with E-state index >= 15 is 0 Å². The Hall–Kier alpha value is -3.49. The minimum atomic E-state index is -0.327. The first-order valence-corrected chi connectivity index (χ1v) is 11.1. The number of carbonyl (C=O) groups is 1. The van der Waals surface area contributed by atoms with Gasteiger partial charge < -0.3 is 15.0 Å². The number of amides is 1. The summed E-state index contributed by atoms with van der Waals surface area (Å²) in [6.45, 7) is 2.21. The smallest absolute Gasteiger partial charge is 0.330 e. The van der Waals surface area contributed by atoms with Crippen molar-refractivity contribution in [1.29, 1.82) is 5.41 Å². The van der Waals surface area contributed by atoms with Crippen LogP contribution in [0.4, 0.5) is 16.0 Å². The highest BCUT2D eigenvalue weighted by atomic mass is 19.1. The molecule has 7 nitrogen and oxygen atoms in total. The maximum Gasteiger partial charge on any atom is 0.330 e. The summed E-state index contributed by atoms with van der Waals surface area (Å²) in [6, 6.07) is 12.0. The van der Waals surface area contributed by atoms with Gasteiger partial charge in [0.1, 0.15) is 11.5 Å². The van der Waals surface area contributed by atoms with Gasteiger partial charge >= 0.3 is 5.95 Å². The van der Waals surface area contributed by atoms with Crippen molar-refractivity contribution >= 4 is 23.3 Å². The Morgan fingerprint density at radius 1 is 1.09 bits per heavy atom. The number of hydrogen-bond donors (Lipinski definition) is 2. The fraction of sp³-hybridized carbons (Fsp3) is 0.280. The third kappa shape index (κ3) is 4.67. The van der Waals surface area contributed by atoms with E-state index in [1.807, 2.05) is 12.1 Å². The molecule has 33 heavy (non-hydrogen) atoms. The first-order valence-electron chi connectivity index (χ1n) is 11.1. The number of nitrogens with one attached hydrogen (secondary N) is 1. The second-order valence-electron chi connectivity index (χ2n) is 8.35. The van der Waals surface area contributed by atoms with Gasteiger partial charge in [0, 0.05) is 59.9 Å². The number of quaternary nitrogens is 1. The highest BCUT2D eigenvalue weighted by Gasteiger charge is 2.30. The van der Waals surface area contributed by atoms with Crippen molar-refractivity contribution in [2.75, 3.05) is 26.3 Å². The topological polar surface area (TPSA) is 95.8 Å². The van der Waals surface area contributed by atoms with Gasteiger partial charge in [0.15, 0.2) is 0 Å². The van der Waals surface area contributed by atoms with Crippen molar-refractivity contribution < 1.29 is 19.2 Å². The third-order valence-electron chi connectivity index (χ3n) is 6.01. The number of nitrogens with two attached hydrogens (primary N) is 1. The molecule has 0 radical (unpaired) electrons. The number of morpholine rings is 1. The fourth-order valence-corrected chi connectivity index (χ4v) is 3.99. The highest BCUT2D eigenvalue weighted by Crippen LogP contribution is 2.34. The van der Waals surface area contributed by atoms with Gasteiger partial charge in [-0.1, -0.05) is 18.2 Å². The van der Waals surface area contributed by atoms with E-state index < -0.39 is 0 Å². The van der Waals surface area contributed by atoms with Crippen LogP contribution in [0.15, 0.2) is 54.9 Å². The van der Waals surface area contributed by atoms with E-state index in [1.54, 1.807) is 46.9 Å². The molecule has 0 atom stereocenters. The van der Waals surface area contributed by atoms with Crippen molar-refractivity contribution in [3.05, 3.63) is 71.8 Å². The number of halogens is 1. The number of nitrogens with zero attached hydrogens (tertiary/aromatic N) is 3. The van der Waals surface area contributed by atoms with E-state index in [1.165, 1.54) is 6.07 Å². The Balaban J connectivity index is 1.43. The molecule has 1 saturated carbocycles. The van der Waals surface area contributed by atoms with Gasteiger partial charge in [-0.3, -0.25) is 4.79 Å². The molecule has 0 bridgehead atoms. The molecule has 5 rings (SSSR count). The summed E-state index contributed by atoms with van der Waals surface area (Å²) in [5.41, 5.74) is 3.71. The molecule has 1 aliphatic carbocycles. The molecular formula is C25H25FN5O2+. The van der Waals surface area contributed by atoms with Crippen molar-refractivity contribution in [3.8, 4) is 11.1 Å². The minimum absolute atomic E-state index is 0.0479. The maximum absolute atomic E-state index is 14.1. The number of carbonyl (C=O) groups excluding carboxylic acids is 1. The van der Waals surface area contributed by atoms with Crippen LogP contribution < -0.4 is 5.32 Å². The van der Waals surface area contributed by atoms with Crippen molar-refractivity contribution in [2.24, 2.45) is 5.92 Å². The summed E-state index contributed by atoms with van der Waals surface area (Å²) in [6.07, 6.45) is 5.21. The number of aromatic nitrogens is 2. The molecule has 2 aliphatic rings. The molecule has 0 spiro atoms. The molecule has 168 valence electrons. The standard InChI is InChI=1S/C25H24FN5O2/c26-21-4-2-1-3-19(21)18-14-28-25(29-15-18)30-22-13-17(24(32)31-9-11-33-12-10-31)7-8-20(22)23(27)16-5-6-16/h1-4,7-8,13-16,27H,5-6,9-12H2,(H,28,29,30)/p+1. The number of rotatable bonds is 6. The molecular weight excluding hydrogens is 421 g/mol. The second kappa shape index (κ2) is 9.17. The molecule has 1 saturated heterocycles. The summed E-state index contributed by atoms with van der Waals surface area (Å²) in [4.78, 5) is 23.6. The number of hydrogen-bond acceptors (Lipinski definition) is 5. The lowest BCUT2D eigenvalue weighted by molar-refractivity contribution is -0.487. The molecule has 2 aromatic carbocycles. The van der Waals surface area contributed by atoms with Gasteiger partial charge in [-0.05, 0) is 31.0 Å². The van der Waals surface area contributed by atoms with Gasteiger partial charge in [-0.2, -0.15) is 9.97 Å². The molecule has 2 heterocycles. The van der Waals surface area contributed by atoms with E-state index in [0.717, 1.165) is 24.1 Å². The Bertz CT molecular complexity index is 1190. The van der Waals surface area contributed by atoms with Crippen molar-refractivity contribution in [3.63, 3.8) is 0 Å². The molecule has 8 heteroatoms. The summed E-state index contributed by atoms with van der Waals surface area (Å²) in [5.74, 6) is 0.332. The predicted octanol–water partition coefficient (Wildman–Crippen LogP) is 3.06. The summed E-state index contributed by atoms with van der Waals surface area (Å²) in [5, 5.41) is 10.4. The largest absolute Gasteiger partial charge is 0.378 e. The first kappa shape index (κ1) is 21.4. The van der Waals surface area contributed by atoms with E-state index in [0.29, 0.717) is 54.7 Å². The van der Waals surface area contributed by atoms with E-state index in [2.05, 4.69) is 9.97 Å². The van der Waals surface area contributed by atoms with Crippen LogP contribution in [0.3, 0.4) is 0 Å². The van der Waals surface area contributed by atoms with Crippen LogP contribution in [0.5, 0.6) is 0 Å². The van der Waals surface area contributed by atoms with Crippen LogP contribution in [-0.4, -0.2) is 52.8 Å². The van der Waals surface area contributed by atoms with Crippen LogP contribution in [-0.2, 0) is 4.74 Å². The summed E-state index contributed by atoms with van der Waals surface area (Å²) >= 11 is 0. The molecule has 1 aromatic heterocycles. The highest BCUT2D eigenvalue weighted by molar-refractivity contribution is 6.06. The molecule has 2 fully saturated rings. The van der Waals surface area contributed by atoms with E-state index in [-0.39, 0.29) is 17.6 Å². The van der Waals surface area contributed by atoms with E-state index in [9.17, 15) is 9.18 Å². The fourth-order valence-electron chi connectivity index (χ4n) is 3.99. The summed E-state index contributed by atoms with van der Waals surface area (Å²) < 4.78 is 19.4. The SMILES string of the molecule is N=C(c1ccc(C(=O)N2CCOCC2)cc1[NH2+]c1ncc(-c2ccccc2F)cn1)C1CC1. The Kier molecular flexibility index (Phi) is 5.93. The monoisotopic (exact) mass is 446 g/mol. The zero-order valence-corrected chi connectivity index (χ0v) is 18.1. The normalized spacial score (nSPS) is 16.0. The second-order valence-corrected chi connectivity index (χ2v) is 8.35. The van der Waals surface area contributed by atoms with Crippen LogP contribution in [0.1, 0.15) is 28.8 Å². The van der Waals surface area contributed by atoms with Gasteiger partial charge in [-0.25, -0.2) is 9.71 Å². The molecule has 3 N–H and O–H groups in total. The molecule has 1 amide bonds. The van der Waals surface area contributed by atoms with Gasteiger partial charge in [-0.15, -0.1) is 0 Å². The van der Waals surface area contributed by atoms with E-state index in [4.69, 9.17) is 10.1 Å². The van der Waals surface area contributed by atoms with Crippen molar-refractivity contribution in [2.45, 2.75) is 12.8 Å². The Labute approximate surface area is 191 Å². The molecule has 3 aromatic rings. The lowest BCUT2D eigenvalue weighted by Gasteiger charge is -2.27.